The number of carbonyl (C=O) groups excluding carboxylic acids is 1. The summed E-state index contributed by atoms with van der Waals surface area (Å²) in [6.45, 7) is 1.82. The normalized spacial score (nSPS) is 10.8. The molecule has 0 radical (unpaired) electrons. The van der Waals surface area contributed by atoms with Gasteiger partial charge in [-0.3, -0.25) is 9.69 Å². The van der Waals surface area contributed by atoms with Crippen molar-refractivity contribution >= 4 is 21.7 Å². The fourth-order valence-electron chi connectivity index (χ4n) is 1.32. The third-order valence-electron chi connectivity index (χ3n) is 2.24. The Balaban J connectivity index is 2.52. The van der Waals surface area contributed by atoms with Crippen molar-refractivity contribution in [3.8, 4) is 0 Å². The molecule has 0 spiro atoms. The molecule has 1 aromatic rings. The van der Waals surface area contributed by atoms with E-state index in [4.69, 9.17) is 4.74 Å². The minimum atomic E-state index is 0.125. The number of ketones is 1. The molecule has 0 aliphatic rings. The molecular formula is C12H16BrNO2. The van der Waals surface area contributed by atoms with Crippen LogP contribution in [0.25, 0.3) is 0 Å². The monoisotopic (exact) mass is 285 g/mol. The highest BCUT2D eigenvalue weighted by Gasteiger charge is 2.09. The van der Waals surface area contributed by atoms with Crippen LogP contribution in [0.5, 0.6) is 0 Å². The van der Waals surface area contributed by atoms with Gasteiger partial charge in [-0.25, -0.2) is 0 Å². The molecule has 0 aliphatic heterocycles. The smallest absolute Gasteiger partial charge is 0.176 e. The van der Waals surface area contributed by atoms with Crippen molar-refractivity contribution in [1.82, 2.24) is 4.90 Å². The predicted molar refractivity (Wildman–Crippen MR) is 67.8 cm³/mol. The molecule has 0 saturated carbocycles. The zero-order valence-corrected chi connectivity index (χ0v) is 11.2. The summed E-state index contributed by atoms with van der Waals surface area (Å²) in [5, 5.41) is 0. The first kappa shape index (κ1) is 13.4. The van der Waals surface area contributed by atoms with Gasteiger partial charge >= 0.3 is 0 Å². The molecule has 0 heterocycles. The van der Waals surface area contributed by atoms with Crippen LogP contribution in [0.4, 0.5) is 0 Å². The Morgan fingerprint density at radius 2 is 2.25 bits per heavy atom. The molecule has 0 aromatic heterocycles. The molecule has 1 aromatic carbocycles. The number of methoxy groups -OCH3 is 1. The summed E-state index contributed by atoms with van der Waals surface area (Å²) in [7, 11) is 3.57. The highest BCUT2D eigenvalue weighted by molar-refractivity contribution is 9.10. The number of benzene rings is 1. The standard InChI is InChI=1S/C12H16BrNO2/c1-14(6-7-16-2)9-12(15)10-4-3-5-11(13)8-10/h3-5,8H,6-7,9H2,1-2H3. The Labute approximate surface area is 105 Å². The number of rotatable bonds is 6. The van der Waals surface area contributed by atoms with Crippen molar-refractivity contribution in [1.29, 1.82) is 0 Å². The summed E-state index contributed by atoms with van der Waals surface area (Å²) in [5.74, 6) is 0.125. The van der Waals surface area contributed by atoms with E-state index in [9.17, 15) is 4.79 Å². The first-order valence-corrected chi connectivity index (χ1v) is 5.89. The molecule has 4 heteroatoms. The lowest BCUT2D eigenvalue weighted by Gasteiger charge is -2.14. The Hall–Kier alpha value is -0.710. The molecule has 0 unspecified atom stereocenters. The molecule has 0 N–H and O–H groups in total. The molecule has 3 nitrogen and oxygen atoms in total. The summed E-state index contributed by atoms with van der Waals surface area (Å²) in [6.07, 6.45) is 0. The molecule has 0 aliphatic carbocycles. The molecule has 0 saturated heterocycles. The Morgan fingerprint density at radius 3 is 2.88 bits per heavy atom. The van der Waals surface area contributed by atoms with Crippen molar-refractivity contribution < 1.29 is 9.53 Å². The van der Waals surface area contributed by atoms with E-state index in [0.717, 1.165) is 16.6 Å². The molecule has 0 amide bonds. The van der Waals surface area contributed by atoms with Crippen molar-refractivity contribution in [3.63, 3.8) is 0 Å². The lowest BCUT2D eigenvalue weighted by molar-refractivity contribution is 0.0922. The average molecular weight is 286 g/mol. The van der Waals surface area contributed by atoms with Gasteiger partial charge in [-0.05, 0) is 19.2 Å². The maximum absolute atomic E-state index is 11.9. The van der Waals surface area contributed by atoms with Gasteiger partial charge in [0.05, 0.1) is 13.2 Å². The molecular weight excluding hydrogens is 270 g/mol. The highest BCUT2D eigenvalue weighted by atomic mass is 79.9. The van der Waals surface area contributed by atoms with Gasteiger partial charge in [-0.1, -0.05) is 28.1 Å². The van der Waals surface area contributed by atoms with E-state index >= 15 is 0 Å². The van der Waals surface area contributed by atoms with Gasteiger partial charge in [0.25, 0.3) is 0 Å². The van der Waals surface area contributed by atoms with E-state index in [-0.39, 0.29) is 5.78 Å². The third kappa shape index (κ3) is 4.43. The van der Waals surface area contributed by atoms with Crippen LogP contribution in [0.1, 0.15) is 10.4 Å². The van der Waals surface area contributed by atoms with Crippen LogP contribution < -0.4 is 0 Å². The first-order chi connectivity index (χ1) is 7.63. The number of Topliss-reactive ketones (excluding diaryl/α,β-unsaturated/α-hetero) is 1. The van der Waals surface area contributed by atoms with Crippen LogP contribution in [0, 0.1) is 0 Å². The van der Waals surface area contributed by atoms with Crippen molar-refractivity contribution in [3.05, 3.63) is 34.3 Å². The second-order valence-corrected chi connectivity index (χ2v) is 4.58. The second-order valence-electron chi connectivity index (χ2n) is 3.66. The molecule has 1 rings (SSSR count). The number of hydrogen-bond donors (Lipinski definition) is 0. The van der Waals surface area contributed by atoms with Gasteiger partial charge in [0.15, 0.2) is 5.78 Å². The predicted octanol–water partition coefficient (Wildman–Crippen LogP) is 2.21. The zero-order valence-electron chi connectivity index (χ0n) is 9.57. The fraction of sp³-hybridized carbons (Fsp3) is 0.417. The lowest BCUT2D eigenvalue weighted by Crippen LogP contribution is -2.29. The first-order valence-electron chi connectivity index (χ1n) is 5.09. The Bertz CT molecular complexity index is 355. The van der Waals surface area contributed by atoms with E-state index in [1.54, 1.807) is 7.11 Å². The van der Waals surface area contributed by atoms with Crippen LogP contribution in [-0.4, -0.2) is 44.5 Å². The Kier molecular flexibility index (Phi) is 5.66. The van der Waals surface area contributed by atoms with Gasteiger partial charge < -0.3 is 4.74 Å². The molecule has 0 atom stereocenters. The molecule has 88 valence electrons. The van der Waals surface area contributed by atoms with Crippen molar-refractivity contribution in [2.75, 3.05) is 33.9 Å². The Morgan fingerprint density at radius 1 is 1.50 bits per heavy atom. The number of nitrogens with zero attached hydrogens (tertiary/aromatic N) is 1. The zero-order chi connectivity index (χ0) is 12.0. The number of hydrogen-bond acceptors (Lipinski definition) is 3. The summed E-state index contributed by atoms with van der Waals surface area (Å²) in [4.78, 5) is 13.8. The van der Waals surface area contributed by atoms with E-state index in [2.05, 4.69) is 15.9 Å². The van der Waals surface area contributed by atoms with Gasteiger partial charge in [0.1, 0.15) is 0 Å². The van der Waals surface area contributed by atoms with E-state index in [1.807, 2.05) is 36.2 Å². The molecule has 16 heavy (non-hydrogen) atoms. The number of likely N-dealkylation sites (N-methyl/N-ethyl adjacent to an activating group) is 1. The van der Waals surface area contributed by atoms with Gasteiger partial charge in [0, 0.05) is 23.7 Å². The van der Waals surface area contributed by atoms with E-state index in [1.165, 1.54) is 0 Å². The maximum Gasteiger partial charge on any atom is 0.176 e. The number of carbonyl (C=O) groups is 1. The third-order valence-corrected chi connectivity index (χ3v) is 2.73. The molecule has 0 bridgehead atoms. The lowest BCUT2D eigenvalue weighted by atomic mass is 10.1. The van der Waals surface area contributed by atoms with Crippen molar-refractivity contribution in [2.24, 2.45) is 0 Å². The fourth-order valence-corrected chi connectivity index (χ4v) is 1.72. The van der Waals surface area contributed by atoms with Gasteiger partial charge in [0.2, 0.25) is 0 Å². The van der Waals surface area contributed by atoms with Crippen LogP contribution in [-0.2, 0) is 4.74 Å². The van der Waals surface area contributed by atoms with Gasteiger partial charge in [-0.2, -0.15) is 0 Å². The number of halogens is 1. The largest absolute Gasteiger partial charge is 0.383 e. The highest BCUT2D eigenvalue weighted by Crippen LogP contribution is 2.12. The molecule has 0 fully saturated rings. The van der Waals surface area contributed by atoms with Gasteiger partial charge in [-0.15, -0.1) is 0 Å². The maximum atomic E-state index is 11.9. The van der Waals surface area contributed by atoms with Crippen LogP contribution in [0.3, 0.4) is 0 Å². The number of ether oxygens (including phenoxy) is 1. The average Bonchev–Trinajstić information content (AvgIpc) is 2.26. The summed E-state index contributed by atoms with van der Waals surface area (Å²) in [6, 6.07) is 7.45. The second kappa shape index (κ2) is 6.78. The summed E-state index contributed by atoms with van der Waals surface area (Å²) in [5.41, 5.74) is 0.735. The van der Waals surface area contributed by atoms with Crippen LogP contribution >= 0.6 is 15.9 Å². The topological polar surface area (TPSA) is 29.5 Å². The quantitative estimate of drug-likeness (QED) is 0.751. The SMILES string of the molecule is COCCN(C)CC(=O)c1cccc(Br)c1. The summed E-state index contributed by atoms with van der Waals surface area (Å²) < 4.78 is 5.89. The van der Waals surface area contributed by atoms with Crippen LogP contribution in [0.2, 0.25) is 0 Å². The van der Waals surface area contributed by atoms with E-state index < -0.39 is 0 Å². The summed E-state index contributed by atoms with van der Waals surface area (Å²) >= 11 is 3.35. The van der Waals surface area contributed by atoms with E-state index in [0.29, 0.717) is 13.2 Å². The minimum absolute atomic E-state index is 0.125. The minimum Gasteiger partial charge on any atom is -0.383 e. The van der Waals surface area contributed by atoms with Crippen molar-refractivity contribution in [2.45, 2.75) is 0 Å². The van der Waals surface area contributed by atoms with Crippen LogP contribution in [0.15, 0.2) is 28.7 Å².